The quantitative estimate of drug-likeness (QED) is 0.624. The van der Waals surface area contributed by atoms with Crippen LogP contribution in [0.1, 0.15) is 17.4 Å². The Morgan fingerprint density at radius 1 is 0.821 bits per heavy atom. The number of rotatable bonds is 5. The summed E-state index contributed by atoms with van der Waals surface area (Å²) in [6.45, 7) is 1.42. The van der Waals surface area contributed by atoms with Crippen LogP contribution in [0.4, 0.5) is 31.7 Å². The fourth-order valence-corrected chi connectivity index (χ4v) is 2.31. The molecule has 0 unspecified atom stereocenters. The van der Waals surface area contributed by atoms with Gasteiger partial charge in [0.25, 0.3) is 5.91 Å². The minimum Gasteiger partial charge on any atom is -0.340 e. The summed E-state index contributed by atoms with van der Waals surface area (Å²) in [5.41, 5.74) is 1.47. The maximum Gasteiger partial charge on any atom is 0.274 e. The van der Waals surface area contributed by atoms with E-state index in [1.165, 1.54) is 25.4 Å². The van der Waals surface area contributed by atoms with Gasteiger partial charge in [-0.2, -0.15) is 0 Å². The van der Waals surface area contributed by atoms with Gasteiger partial charge in [-0.15, -0.1) is 0 Å². The number of hydrogen-bond acceptors (Lipinski definition) is 5. The second-order valence-electron chi connectivity index (χ2n) is 5.76. The van der Waals surface area contributed by atoms with Gasteiger partial charge in [-0.3, -0.25) is 9.59 Å². The predicted molar refractivity (Wildman–Crippen MR) is 100 cm³/mol. The second kappa shape index (κ2) is 8.21. The summed E-state index contributed by atoms with van der Waals surface area (Å²) in [4.78, 5) is 31.2. The average Bonchev–Trinajstić information content (AvgIpc) is 2.66. The molecule has 2 amide bonds. The van der Waals surface area contributed by atoms with Gasteiger partial charge in [0.2, 0.25) is 5.91 Å². The zero-order valence-corrected chi connectivity index (χ0v) is 14.7. The number of carbonyl (C=O) groups is 2. The molecular weight excluding hydrogens is 368 g/mol. The largest absolute Gasteiger partial charge is 0.340 e. The lowest BCUT2D eigenvalue weighted by molar-refractivity contribution is -0.114. The van der Waals surface area contributed by atoms with Crippen molar-refractivity contribution in [3.05, 3.63) is 72.2 Å². The molecule has 3 N–H and O–H groups in total. The summed E-state index contributed by atoms with van der Waals surface area (Å²) in [5, 5.41) is 8.10. The first kappa shape index (κ1) is 18.9. The number of hydrogen-bond donors (Lipinski definition) is 3. The van der Waals surface area contributed by atoms with E-state index in [1.807, 2.05) is 0 Å². The molecule has 0 spiro atoms. The lowest BCUT2D eigenvalue weighted by atomic mass is 10.2. The van der Waals surface area contributed by atoms with Crippen molar-refractivity contribution in [1.29, 1.82) is 0 Å². The van der Waals surface area contributed by atoms with Crippen LogP contribution in [-0.2, 0) is 4.79 Å². The zero-order chi connectivity index (χ0) is 20.1. The number of carbonyl (C=O) groups excluding carboxylic acids is 2. The van der Waals surface area contributed by atoms with Gasteiger partial charge in [0, 0.05) is 36.1 Å². The number of aromatic nitrogens is 2. The topological polar surface area (TPSA) is 96.0 Å². The molecule has 2 aromatic carbocycles. The van der Waals surface area contributed by atoms with E-state index in [1.54, 1.807) is 24.3 Å². The summed E-state index contributed by atoms with van der Waals surface area (Å²) in [6.07, 6.45) is 1.20. The van der Waals surface area contributed by atoms with Crippen LogP contribution in [0.3, 0.4) is 0 Å². The van der Waals surface area contributed by atoms with E-state index < -0.39 is 17.5 Å². The molecule has 0 aliphatic rings. The Hall–Kier alpha value is -3.88. The van der Waals surface area contributed by atoms with E-state index in [2.05, 4.69) is 25.9 Å². The fraction of sp³-hybridized carbons (Fsp3) is 0.0526. The number of nitrogens with one attached hydrogen (secondary N) is 3. The van der Waals surface area contributed by atoms with Gasteiger partial charge < -0.3 is 16.0 Å². The number of nitrogens with zero attached hydrogens (tertiary/aromatic N) is 2. The van der Waals surface area contributed by atoms with Gasteiger partial charge in [-0.05, 0) is 36.4 Å². The molecule has 0 atom stereocenters. The van der Waals surface area contributed by atoms with Crippen LogP contribution in [0.15, 0.2) is 54.9 Å². The van der Waals surface area contributed by atoms with Crippen LogP contribution in [0, 0.1) is 11.6 Å². The van der Waals surface area contributed by atoms with Crippen LogP contribution in [-0.4, -0.2) is 21.8 Å². The lowest BCUT2D eigenvalue weighted by Gasteiger charge is -2.09. The third-order valence-electron chi connectivity index (χ3n) is 3.55. The molecule has 0 saturated carbocycles. The Morgan fingerprint density at radius 3 is 2.18 bits per heavy atom. The first-order chi connectivity index (χ1) is 13.4. The van der Waals surface area contributed by atoms with Crippen molar-refractivity contribution in [2.75, 3.05) is 16.0 Å². The van der Waals surface area contributed by atoms with E-state index in [-0.39, 0.29) is 17.3 Å². The smallest absolute Gasteiger partial charge is 0.274 e. The third-order valence-corrected chi connectivity index (χ3v) is 3.55. The van der Waals surface area contributed by atoms with Crippen LogP contribution < -0.4 is 16.0 Å². The molecule has 0 fully saturated rings. The Kier molecular flexibility index (Phi) is 5.54. The molecule has 7 nitrogen and oxygen atoms in total. The number of benzene rings is 2. The lowest BCUT2D eigenvalue weighted by Crippen LogP contribution is -2.14. The van der Waals surface area contributed by atoms with E-state index in [4.69, 9.17) is 0 Å². The Bertz CT molecular complexity index is 1030. The SMILES string of the molecule is CC(=O)Nc1ccc(Nc2cc(C(=O)Nc3ccc(F)c(F)c3)ncn2)cc1. The molecule has 142 valence electrons. The molecule has 9 heteroatoms. The normalized spacial score (nSPS) is 10.2. The van der Waals surface area contributed by atoms with Crippen LogP contribution in [0.5, 0.6) is 0 Å². The highest BCUT2D eigenvalue weighted by atomic mass is 19.2. The molecule has 0 aliphatic heterocycles. The molecule has 0 aliphatic carbocycles. The molecule has 0 radical (unpaired) electrons. The van der Waals surface area contributed by atoms with E-state index in [0.717, 1.165) is 12.1 Å². The van der Waals surface area contributed by atoms with Crippen molar-refractivity contribution in [2.24, 2.45) is 0 Å². The average molecular weight is 383 g/mol. The standard InChI is InChI=1S/C19H15F2N5O2/c1-11(27)24-12-2-4-13(5-3-12)25-18-9-17(22-10-23-18)19(28)26-14-6-7-15(20)16(21)8-14/h2-10H,1H3,(H,24,27)(H,26,28)(H,22,23,25). The molecule has 0 saturated heterocycles. The van der Waals surface area contributed by atoms with Gasteiger partial charge in [-0.1, -0.05) is 0 Å². The summed E-state index contributed by atoms with van der Waals surface area (Å²) in [5.74, 6) is -2.48. The first-order valence-corrected chi connectivity index (χ1v) is 8.14. The highest BCUT2D eigenvalue weighted by Crippen LogP contribution is 2.19. The maximum atomic E-state index is 13.3. The predicted octanol–water partition coefficient (Wildman–Crippen LogP) is 3.71. The highest BCUT2D eigenvalue weighted by Gasteiger charge is 2.11. The van der Waals surface area contributed by atoms with Crippen molar-refractivity contribution in [3.8, 4) is 0 Å². The number of anilines is 4. The Morgan fingerprint density at radius 2 is 1.50 bits per heavy atom. The molecule has 0 bridgehead atoms. The maximum absolute atomic E-state index is 13.3. The highest BCUT2D eigenvalue weighted by molar-refractivity contribution is 6.03. The van der Waals surface area contributed by atoms with Crippen molar-refractivity contribution < 1.29 is 18.4 Å². The molecule has 28 heavy (non-hydrogen) atoms. The summed E-state index contributed by atoms with van der Waals surface area (Å²) in [6, 6.07) is 11.3. The van der Waals surface area contributed by atoms with Crippen molar-refractivity contribution in [3.63, 3.8) is 0 Å². The molecule has 1 aromatic heterocycles. The summed E-state index contributed by atoms with van der Waals surface area (Å²) >= 11 is 0. The zero-order valence-electron chi connectivity index (χ0n) is 14.7. The first-order valence-electron chi connectivity index (χ1n) is 8.14. The van der Waals surface area contributed by atoms with Gasteiger partial charge in [0.15, 0.2) is 11.6 Å². The van der Waals surface area contributed by atoms with Crippen molar-refractivity contribution >= 4 is 34.7 Å². The molecule has 1 heterocycles. The third kappa shape index (κ3) is 4.85. The van der Waals surface area contributed by atoms with Crippen LogP contribution >= 0.6 is 0 Å². The summed E-state index contributed by atoms with van der Waals surface area (Å²) < 4.78 is 26.2. The Balaban J connectivity index is 1.70. The van der Waals surface area contributed by atoms with Gasteiger partial charge in [-0.25, -0.2) is 18.7 Å². The van der Waals surface area contributed by atoms with E-state index >= 15 is 0 Å². The molecular formula is C19H15F2N5O2. The van der Waals surface area contributed by atoms with Crippen molar-refractivity contribution in [2.45, 2.75) is 6.92 Å². The van der Waals surface area contributed by atoms with Crippen molar-refractivity contribution in [1.82, 2.24) is 9.97 Å². The number of amides is 2. The van der Waals surface area contributed by atoms with Gasteiger partial charge in [0.05, 0.1) is 0 Å². The van der Waals surface area contributed by atoms with E-state index in [0.29, 0.717) is 17.2 Å². The molecule has 3 rings (SSSR count). The van der Waals surface area contributed by atoms with E-state index in [9.17, 15) is 18.4 Å². The second-order valence-corrected chi connectivity index (χ2v) is 5.76. The van der Waals surface area contributed by atoms with Gasteiger partial charge >= 0.3 is 0 Å². The number of halogens is 2. The van der Waals surface area contributed by atoms with Crippen LogP contribution in [0.25, 0.3) is 0 Å². The fourth-order valence-electron chi connectivity index (χ4n) is 2.31. The minimum absolute atomic E-state index is 0.0390. The van der Waals surface area contributed by atoms with Crippen LogP contribution in [0.2, 0.25) is 0 Å². The minimum atomic E-state index is -1.06. The molecule has 3 aromatic rings. The monoisotopic (exact) mass is 383 g/mol. The summed E-state index contributed by atoms with van der Waals surface area (Å²) in [7, 11) is 0. The van der Waals surface area contributed by atoms with Gasteiger partial charge in [0.1, 0.15) is 17.8 Å². The Labute approximate surface area is 158 Å².